The van der Waals surface area contributed by atoms with Gasteiger partial charge in [0.1, 0.15) is 11.5 Å². The molecule has 1 aliphatic heterocycles. The molecule has 0 bridgehead atoms. The first-order valence-electron chi connectivity index (χ1n) is 15.5. The second kappa shape index (κ2) is 9.48. The third kappa shape index (κ3) is 3.58. The van der Waals surface area contributed by atoms with E-state index in [9.17, 15) is 0 Å². The monoisotopic (exact) mass is 578 g/mol. The van der Waals surface area contributed by atoms with E-state index in [1.165, 1.54) is 27.8 Å². The van der Waals surface area contributed by atoms with Crippen LogP contribution < -0.4 is 4.74 Å². The maximum Gasteiger partial charge on any atom is 0.160 e. The lowest BCUT2D eigenvalue weighted by Crippen LogP contribution is -2.43. The van der Waals surface area contributed by atoms with Crippen molar-refractivity contribution in [3.05, 3.63) is 179 Å². The zero-order chi connectivity index (χ0) is 30.2. The van der Waals surface area contributed by atoms with Crippen molar-refractivity contribution in [2.45, 2.75) is 24.7 Å². The van der Waals surface area contributed by atoms with Crippen molar-refractivity contribution in [3.63, 3.8) is 0 Å². The number of aromatic nitrogens is 2. The SMILES string of the molecule is CC1(C)c2ccccc2C2(c3ccccc3Oc3cc(-c4nc(-c5ccccc5)nc5ccccc45)ccc32)c2ccccc21. The van der Waals surface area contributed by atoms with Crippen molar-refractivity contribution >= 4 is 10.9 Å². The minimum atomic E-state index is -0.533. The largest absolute Gasteiger partial charge is 0.457 e. The average molecular weight is 579 g/mol. The number of fused-ring (bicyclic) bond motifs is 9. The third-order valence-corrected chi connectivity index (χ3v) is 9.81. The van der Waals surface area contributed by atoms with E-state index in [0.29, 0.717) is 5.82 Å². The smallest absolute Gasteiger partial charge is 0.160 e. The van der Waals surface area contributed by atoms with Crippen LogP contribution in [0.25, 0.3) is 33.5 Å². The molecule has 9 rings (SSSR count). The van der Waals surface area contributed by atoms with E-state index in [0.717, 1.165) is 44.8 Å². The van der Waals surface area contributed by atoms with Gasteiger partial charge in [-0.05, 0) is 40.5 Å². The molecule has 0 unspecified atom stereocenters. The van der Waals surface area contributed by atoms with Crippen molar-refractivity contribution in [2.75, 3.05) is 0 Å². The second-order valence-corrected chi connectivity index (χ2v) is 12.6. The fourth-order valence-electron chi connectivity index (χ4n) is 7.79. The van der Waals surface area contributed by atoms with Gasteiger partial charge in [-0.25, -0.2) is 9.97 Å². The third-order valence-electron chi connectivity index (χ3n) is 9.81. The van der Waals surface area contributed by atoms with Gasteiger partial charge in [0.25, 0.3) is 0 Å². The molecule has 0 saturated heterocycles. The molecule has 7 aromatic rings. The van der Waals surface area contributed by atoms with Crippen LogP contribution >= 0.6 is 0 Å². The van der Waals surface area contributed by atoms with Gasteiger partial charge in [0, 0.05) is 33.1 Å². The van der Waals surface area contributed by atoms with Crippen molar-refractivity contribution < 1.29 is 4.74 Å². The molecule has 0 atom stereocenters. The summed E-state index contributed by atoms with van der Waals surface area (Å²) in [4.78, 5) is 10.1. The van der Waals surface area contributed by atoms with Crippen molar-refractivity contribution in [3.8, 4) is 34.1 Å². The molecule has 6 aromatic carbocycles. The molecule has 0 fully saturated rings. The second-order valence-electron chi connectivity index (χ2n) is 12.6. The van der Waals surface area contributed by atoms with Gasteiger partial charge < -0.3 is 4.74 Å². The Labute approximate surface area is 262 Å². The summed E-state index contributed by atoms with van der Waals surface area (Å²) in [7, 11) is 0. The lowest BCUT2D eigenvalue weighted by Gasteiger charge is -2.50. The maximum atomic E-state index is 6.83. The molecule has 0 N–H and O–H groups in total. The molecule has 45 heavy (non-hydrogen) atoms. The number of ether oxygens (including phenoxy) is 1. The predicted molar refractivity (Wildman–Crippen MR) is 181 cm³/mol. The maximum absolute atomic E-state index is 6.83. The summed E-state index contributed by atoms with van der Waals surface area (Å²) < 4.78 is 6.83. The number of benzene rings is 6. The highest BCUT2D eigenvalue weighted by molar-refractivity contribution is 5.94. The molecule has 2 aliphatic rings. The standard InChI is InChI=1S/C42H30N2O/c1-41(2)30-17-7-9-19-32(30)42(33-20-10-8-18-31(33)41)34-21-11-13-23-37(34)45-38-26-28(24-25-35(38)42)39-29-16-6-12-22-36(29)43-40(44-39)27-14-4-3-5-15-27/h3-26H,1-2H3. The molecule has 214 valence electrons. The van der Waals surface area contributed by atoms with Crippen LogP contribution in [-0.2, 0) is 10.8 Å². The normalized spacial score (nSPS) is 15.0. The van der Waals surface area contributed by atoms with Crippen LogP contribution in [0, 0.1) is 0 Å². The van der Waals surface area contributed by atoms with Crippen molar-refractivity contribution in [1.82, 2.24) is 9.97 Å². The van der Waals surface area contributed by atoms with E-state index in [2.05, 4.69) is 135 Å². The molecule has 0 amide bonds. The van der Waals surface area contributed by atoms with Crippen LogP contribution in [0.5, 0.6) is 11.5 Å². The average Bonchev–Trinajstić information content (AvgIpc) is 3.10. The highest BCUT2D eigenvalue weighted by Gasteiger charge is 2.52. The van der Waals surface area contributed by atoms with E-state index >= 15 is 0 Å². The highest BCUT2D eigenvalue weighted by Crippen LogP contribution is 2.61. The fraction of sp³-hybridized carbons (Fsp3) is 0.0952. The van der Waals surface area contributed by atoms with Crippen molar-refractivity contribution in [1.29, 1.82) is 0 Å². The van der Waals surface area contributed by atoms with Crippen LogP contribution in [0.3, 0.4) is 0 Å². The molecule has 1 spiro atoms. The fourth-order valence-corrected chi connectivity index (χ4v) is 7.79. The molecule has 0 radical (unpaired) electrons. The first-order valence-corrected chi connectivity index (χ1v) is 15.5. The lowest BCUT2D eigenvalue weighted by molar-refractivity contribution is 0.425. The summed E-state index contributed by atoms with van der Waals surface area (Å²) >= 11 is 0. The predicted octanol–water partition coefficient (Wildman–Crippen LogP) is 10.1. The van der Waals surface area contributed by atoms with Crippen LogP contribution in [0.15, 0.2) is 146 Å². The lowest BCUT2D eigenvalue weighted by atomic mass is 9.53. The molecule has 2 heterocycles. The van der Waals surface area contributed by atoms with Gasteiger partial charge in [-0.1, -0.05) is 141 Å². The van der Waals surface area contributed by atoms with E-state index in [4.69, 9.17) is 14.7 Å². The number of nitrogens with zero attached hydrogens (tertiary/aromatic N) is 2. The van der Waals surface area contributed by atoms with Crippen LogP contribution in [-0.4, -0.2) is 9.97 Å². The van der Waals surface area contributed by atoms with Crippen LogP contribution in [0.2, 0.25) is 0 Å². The number of hydrogen-bond donors (Lipinski definition) is 0. The highest BCUT2D eigenvalue weighted by atomic mass is 16.5. The van der Waals surface area contributed by atoms with Gasteiger partial charge in [-0.15, -0.1) is 0 Å². The topological polar surface area (TPSA) is 35.0 Å². The minimum absolute atomic E-state index is 0.153. The molecule has 1 aromatic heterocycles. The molecule has 1 aliphatic carbocycles. The van der Waals surface area contributed by atoms with Gasteiger partial charge in [-0.2, -0.15) is 0 Å². The van der Waals surface area contributed by atoms with E-state index in [1.54, 1.807) is 0 Å². The summed E-state index contributed by atoms with van der Waals surface area (Å²) in [6.07, 6.45) is 0. The Balaban J connectivity index is 1.35. The Kier molecular flexibility index (Phi) is 5.46. The van der Waals surface area contributed by atoms with E-state index in [-0.39, 0.29) is 5.41 Å². The molecule has 3 nitrogen and oxygen atoms in total. The Morgan fingerprint density at radius 2 is 1.04 bits per heavy atom. The van der Waals surface area contributed by atoms with E-state index < -0.39 is 5.41 Å². The van der Waals surface area contributed by atoms with Crippen LogP contribution in [0.1, 0.15) is 47.2 Å². The molecule has 3 heteroatoms. The Morgan fingerprint density at radius 3 is 1.78 bits per heavy atom. The van der Waals surface area contributed by atoms with Gasteiger partial charge in [0.05, 0.1) is 16.6 Å². The number of rotatable bonds is 2. The summed E-state index contributed by atoms with van der Waals surface area (Å²) in [6, 6.07) is 51.6. The van der Waals surface area contributed by atoms with Crippen molar-refractivity contribution in [2.24, 2.45) is 0 Å². The Hall–Kier alpha value is -5.54. The van der Waals surface area contributed by atoms with Crippen LogP contribution in [0.4, 0.5) is 0 Å². The van der Waals surface area contributed by atoms with Gasteiger partial charge in [0.15, 0.2) is 5.82 Å². The van der Waals surface area contributed by atoms with Gasteiger partial charge >= 0.3 is 0 Å². The first-order chi connectivity index (χ1) is 22.1. The summed E-state index contributed by atoms with van der Waals surface area (Å²) in [5, 5.41) is 1.01. The molecular weight excluding hydrogens is 548 g/mol. The minimum Gasteiger partial charge on any atom is -0.457 e. The van der Waals surface area contributed by atoms with Gasteiger partial charge in [-0.3, -0.25) is 0 Å². The summed E-state index contributed by atoms with van der Waals surface area (Å²) in [6.45, 7) is 4.69. The molecule has 0 saturated carbocycles. The Bertz CT molecular complexity index is 2240. The number of para-hydroxylation sites is 2. The first kappa shape index (κ1) is 25.9. The zero-order valence-corrected chi connectivity index (χ0v) is 25.2. The molecular formula is C42H30N2O. The van der Waals surface area contributed by atoms with E-state index in [1.807, 2.05) is 24.3 Å². The zero-order valence-electron chi connectivity index (χ0n) is 25.2. The Morgan fingerprint density at radius 1 is 0.467 bits per heavy atom. The summed E-state index contributed by atoms with van der Waals surface area (Å²) in [5.74, 6) is 2.44. The number of hydrogen-bond acceptors (Lipinski definition) is 3. The summed E-state index contributed by atoms with van der Waals surface area (Å²) in [5.41, 5.74) is 10.7. The van der Waals surface area contributed by atoms with Gasteiger partial charge in [0.2, 0.25) is 0 Å². The quantitative estimate of drug-likeness (QED) is 0.205.